The van der Waals surface area contributed by atoms with E-state index in [0.29, 0.717) is 33.8 Å². The van der Waals surface area contributed by atoms with Crippen LogP contribution in [0.1, 0.15) is 25.6 Å². The van der Waals surface area contributed by atoms with Crippen LogP contribution in [0.2, 0.25) is 0 Å². The van der Waals surface area contributed by atoms with Gasteiger partial charge in [-0.2, -0.15) is 0 Å². The molecule has 0 fully saturated rings. The average molecular weight is 495 g/mol. The van der Waals surface area contributed by atoms with Crippen molar-refractivity contribution in [3.05, 3.63) is 106 Å². The number of fused-ring (bicyclic) bond motifs is 2. The molecule has 2 aromatic heterocycles. The smallest absolute Gasteiger partial charge is 0.348 e. The van der Waals surface area contributed by atoms with Crippen LogP contribution < -0.4 is 14.2 Å². The molecule has 0 saturated heterocycles. The first-order valence-corrected chi connectivity index (χ1v) is 12.0. The van der Waals surface area contributed by atoms with Crippen molar-refractivity contribution in [1.29, 1.82) is 0 Å². The van der Waals surface area contributed by atoms with Gasteiger partial charge in [-0.3, -0.25) is 4.79 Å². The summed E-state index contributed by atoms with van der Waals surface area (Å²) in [6.45, 7) is 0. The number of ether oxygens (including phenoxy) is 3. The number of ketones is 1. The number of carbonyl (C=O) groups is 2. The first-order valence-electron chi connectivity index (χ1n) is 11.1. The maximum atomic E-state index is 13.5. The van der Waals surface area contributed by atoms with Crippen LogP contribution >= 0.6 is 11.3 Å². The lowest BCUT2D eigenvalue weighted by molar-refractivity contribution is 0.0736. The molecule has 0 saturated carbocycles. The summed E-state index contributed by atoms with van der Waals surface area (Å²) >= 11 is 1.51. The van der Waals surface area contributed by atoms with Crippen LogP contribution in [-0.4, -0.2) is 18.9 Å². The minimum Gasteiger partial charge on any atom is -0.497 e. The zero-order valence-electron chi connectivity index (χ0n) is 19.0. The molecule has 0 bridgehead atoms. The van der Waals surface area contributed by atoms with Gasteiger partial charge in [0.1, 0.15) is 34.2 Å². The average Bonchev–Trinajstić information content (AvgIpc) is 3.62. The van der Waals surface area contributed by atoms with Gasteiger partial charge < -0.3 is 18.6 Å². The number of allylic oxidation sites excluding steroid dienone is 1. The summed E-state index contributed by atoms with van der Waals surface area (Å²) in [6.07, 6.45) is 1.70. The molecule has 36 heavy (non-hydrogen) atoms. The molecule has 6 rings (SSSR count). The number of carbonyl (C=O) groups excluding carboxylic acids is 2. The Morgan fingerprint density at radius 3 is 2.56 bits per heavy atom. The molecule has 0 N–H and O–H groups in total. The van der Waals surface area contributed by atoms with Gasteiger partial charge in [-0.15, -0.1) is 11.3 Å². The van der Waals surface area contributed by atoms with Crippen LogP contribution in [0.4, 0.5) is 0 Å². The summed E-state index contributed by atoms with van der Waals surface area (Å²) < 4.78 is 23.0. The van der Waals surface area contributed by atoms with Gasteiger partial charge in [0.15, 0.2) is 5.76 Å². The Balaban J connectivity index is 1.36. The fourth-order valence-corrected chi connectivity index (χ4v) is 4.74. The van der Waals surface area contributed by atoms with E-state index in [1.807, 2.05) is 47.8 Å². The molecule has 0 radical (unpaired) electrons. The molecule has 7 heteroatoms. The van der Waals surface area contributed by atoms with E-state index in [2.05, 4.69) is 0 Å². The summed E-state index contributed by atoms with van der Waals surface area (Å²) in [5.41, 5.74) is 1.98. The number of Topliss-reactive ketones (excluding diaryl/α,β-unsaturated/α-hetero) is 1. The molecule has 3 aromatic carbocycles. The van der Waals surface area contributed by atoms with E-state index in [9.17, 15) is 9.59 Å². The predicted molar refractivity (Wildman–Crippen MR) is 137 cm³/mol. The van der Waals surface area contributed by atoms with Crippen molar-refractivity contribution in [3.63, 3.8) is 0 Å². The van der Waals surface area contributed by atoms with E-state index in [4.69, 9.17) is 18.6 Å². The molecular formula is C29H18O6S. The highest BCUT2D eigenvalue weighted by atomic mass is 32.1. The lowest BCUT2D eigenvalue weighted by Crippen LogP contribution is -2.09. The van der Waals surface area contributed by atoms with Crippen LogP contribution in [0, 0.1) is 0 Å². The topological polar surface area (TPSA) is 75.0 Å². The molecule has 176 valence electrons. The minimum absolute atomic E-state index is 0.212. The van der Waals surface area contributed by atoms with E-state index in [-0.39, 0.29) is 22.9 Å². The monoisotopic (exact) mass is 494 g/mol. The van der Waals surface area contributed by atoms with Gasteiger partial charge in [0, 0.05) is 28.0 Å². The Hall–Kier alpha value is -4.62. The number of hydrogen-bond acceptors (Lipinski definition) is 7. The highest BCUT2D eigenvalue weighted by molar-refractivity contribution is 7.10. The Morgan fingerprint density at radius 1 is 0.944 bits per heavy atom. The molecule has 5 aromatic rings. The second kappa shape index (κ2) is 8.87. The third-order valence-electron chi connectivity index (χ3n) is 5.80. The van der Waals surface area contributed by atoms with Gasteiger partial charge >= 0.3 is 5.97 Å². The lowest BCUT2D eigenvalue weighted by Gasteiger charge is -2.07. The molecular weight excluding hydrogens is 476 g/mol. The Morgan fingerprint density at radius 2 is 1.78 bits per heavy atom. The Kier molecular flexibility index (Phi) is 5.39. The first-order chi connectivity index (χ1) is 17.6. The first kappa shape index (κ1) is 21.9. The number of furan rings is 1. The van der Waals surface area contributed by atoms with Crippen molar-refractivity contribution in [2.75, 3.05) is 7.11 Å². The van der Waals surface area contributed by atoms with E-state index < -0.39 is 5.97 Å². The van der Waals surface area contributed by atoms with Crippen molar-refractivity contribution in [2.24, 2.45) is 0 Å². The fourth-order valence-electron chi connectivity index (χ4n) is 4.09. The zero-order chi connectivity index (χ0) is 24.6. The van der Waals surface area contributed by atoms with E-state index in [1.54, 1.807) is 49.6 Å². The van der Waals surface area contributed by atoms with Crippen molar-refractivity contribution in [3.8, 4) is 28.6 Å². The summed E-state index contributed by atoms with van der Waals surface area (Å²) in [5, 5.41) is 2.50. The summed E-state index contributed by atoms with van der Waals surface area (Å²) in [5.74, 6) is 1.00. The molecule has 6 nitrogen and oxygen atoms in total. The second-order valence-corrected chi connectivity index (χ2v) is 9.02. The van der Waals surface area contributed by atoms with Crippen molar-refractivity contribution < 1.29 is 28.2 Å². The van der Waals surface area contributed by atoms with Crippen LogP contribution in [0.5, 0.6) is 17.2 Å². The SMILES string of the molecule is COc1ccc2oc(-c3ccccc3)c(C(=O)Oc3ccc4c(c3)OC(=Cc3cccs3)C4=O)c2c1. The molecule has 0 spiro atoms. The summed E-state index contributed by atoms with van der Waals surface area (Å²) in [6, 6.07) is 23.2. The second-order valence-electron chi connectivity index (χ2n) is 8.04. The van der Waals surface area contributed by atoms with Gasteiger partial charge in [0.2, 0.25) is 5.78 Å². The normalized spacial score (nSPS) is 13.6. The number of rotatable bonds is 5. The van der Waals surface area contributed by atoms with Crippen LogP contribution in [0.25, 0.3) is 28.4 Å². The molecule has 0 amide bonds. The number of thiophene rings is 1. The number of esters is 1. The summed E-state index contributed by atoms with van der Waals surface area (Å²) in [4.78, 5) is 27.1. The maximum Gasteiger partial charge on any atom is 0.348 e. The van der Waals surface area contributed by atoms with Crippen molar-refractivity contribution in [2.45, 2.75) is 0 Å². The molecule has 1 aliphatic heterocycles. The quantitative estimate of drug-likeness (QED) is 0.149. The van der Waals surface area contributed by atoms with Crippen LogP contribution in [0.3, 0.4) is 0 Å². The minimum atomic E-state index is -0.598. The molecule has 0 aliphatic carbocycles. The van der Waals surface area contributed by atoms with Gasteiger partial charge in [-0.05, 0) is 41.8 Å². The van der Waals surface area contributed by atoms with E-state index >= 15 is 0 Å². The van der Waals surface area contributed by atoms with Gasteiger partial charge in [-0.1, -0.05) is 36.4 Å². The van der Waals surface area contributed by atoms with Gasteiger partial charge in [0.05, 0.1) is 12.7 Å². The Labute approximate surface area is 210 Å². The largest absolute Gasteiger partial charge is 0.497 e. The van der Waals surface area contributed by atoms with Gasteiger partial charge in [-0.25, -0.2) is 4.79 Å². The molecule has 0 atom stereocenters. The highest BCUT2D eigenvalue weighted by Gasteiger charge is 2.29. The van der Waals surface area contributed by atoms with Crippen molar-refractivity contribution in [1.82, 2.24) is 0 Å². The highest BCUT2D eigenvalue weighted by Crippen LogP contribution is 2.38. The van der Waals surface area contributed by atoms with Crippen molar-refractivity contribution >= 4 is 40.1 Å². The third kappa shape index (κ3) is 3.85. The van der Waals surface area contributed by atoms with E-state index in [1.165, 1.54) is 11.3 Å². The molecule has 3 heterocycles. The zero-order valence-corrected chi connectivity index (χ0v) is 19.8. The van der Waals surface area contributed by atoms with E-state index in [0.717, 1.165) is 10.4 Å². The van der Waals surface area contributed by atoms with Gasteiger partial charge in [0.25, 0.3) is 0 Å². The lowest BCUT2D eigenvalue weighted by atomic mass is 10.1. The third-order valence-corrected chi connectivity index (χ3v) is 6.62. The maximum absolute atomic E-state index is 13.5. The number of hydrogen-bond donors (Lipinski definition) is 0. The number of methoxy groups -OCH3 is 1. The molecule has 1 aliphatic rings. The Bertz CT molecular complexity index is 1640. The van der Waals surface area contributed by atoms with Crippen LogP contribution in [0.15, 0.2) is 94.4 Å². The molecule has 0 unspecified atom stereocenters. The fraction of sp³-hybridized carbons (Fsp3) is 0.0345. The van der Waals surface area contributed by atoms with Crippen LogP contribution in [-0.2, 0) is 0 Å². The summed E-state index contributed by atoms with van der Waals surface area (Å²) in [7, 11) is 1.56. The number of benzene rings is 3. The standard InChI is InChI=1S/C29H18O6S/c1-32-18-10-12-23-22(14-18)26(28(35-23)17-6-3-2-4-7-17)29(31)33-19-9-11-21-24(15-19)34-25(27(21)30)16-20-8-5-13-36-20/h2-16H,1H3. The predicted octanol–water partition coefficient (Wildman–Crippen LogP) is 7.01.